The van der Waals surface area contributed by atoms with E-state index in [4.69, 9.17) is 23.2 Å². The number of carbonyl (C=O) groups excluding carboxylic acids is 3. The Kier molecular flexibility index (Phi) is 7.59. The van der Waals surface area contributed by atoms with E-state index in [0.29, 0.717) is 33.2 Å². The van der Waals surface area contributed by atoms with Crippen LogP contribution in [-0.2, 0) is 9.59 Å². The van der Waals surface area contributed by atoms with Gasteiger partial charge in [0.25, 0.3) is 5.91 Å². The third-order valence-electron chi connectivity index (χ3n) is 4.35. The molecule has 0 saturated carbocycles. The van der Waals surface area contributed by atoms with Crippen molar-refractivity contribution in [2.75, 3.05) is 17.3 Å². The van der Waals surface area contributed by atoms with E-state index in [1.807, 2.05) is 6.92 Å². The lowest BCUT2D eigenvalue weighted by Gasteiger charge is -2.13. The summed E-state index contributed by atoms with van der Waals surface area (Å²) in [5.41, 5.74) is 3.57. The normalized spacial score (nSPS) is 10.7. The lowest BCUT2D eigenvalue weighted by molar-refractivity contribution is -0.136. The number of benzene rings is 2. The summed E-state index contributed by atoms with van der Waals surface area (Å²) < 4.78 is 2.08. The van der Waals surface area contributed by atoms with Crippen LogP contribution in [0, 0.1) is 0 Å². The average Bonchev–Trinajstić information content (AvgIpc) is 3.04. The molecule has 0 saturated heterocycles. The summed E-state index contributed by atoms with van der Waals surface area (Å²) >= 11 is 15.4. The number of amides is 3. The first-order valence-electron chi connectivity index (χ1n) is 9.46. The minimum absolute atomic E-state index is 0.124. The van der Waals surface area contributed by atoms with Gasteiger partial charge in [0.15, 0.2) is 0 Å². The molecule has 3 N–H and O–H groups in total. The van der Waals surface area contributed by atoms with Crippen molar-refractivity contribution < 1.29 is 14.4 Å². The number of anilines is 1. The number of carbonyl (C=O) groups is 3. The number of nitrogens with zero attached hydrogens (tertiary/aromatic N) is 1. The Balaban J connectivity index is 1.92. The Morgan fingerprint density at radius 3 is 2.39 bits per heavy atom. The molecular weight excluding hydrogens is 507 g/mol. The highest BCUT2D eigenvalue weighted by molar-refractivity contribution is 9.10. The van der Waals surface area contributed by atoms with Crippen molar-refractivity contribution >= 4 is 73.4 Å². The summed E-state index contributed by atoms with van der Waals surface area (Å²) in [5.74, 6) is -2.17. The van der Waals surface area contributed by atoms with E-state index in [2.05, 4.69) is 32.0 Å². The summed E-state index contributed by atoms with van der Waals surface area (Å²) in [6.45, 7) is 2.37. The van der Waals surface area contributed by atoms with Gasteiger partial charge in [-0.2, -0.15) is 0 Å². The number of fused-ring (bicyclic) bond motifs is 1. The highest BCUT2D eigenvalue weighted by atomic mass is 79.9. The maximum Gasteiger partial charge on any atom is 0.328 e. The van der Waals surface area contributed by atoms with Crippen molar-refractivity contribution in [2.45, 2.75) is 19.8 Å². The van der Waals surface area contributed by atoms with Crippen LogP contribution in [0.3, 0.4) is 0 Å². The number of hydrogen-bond acceptors (Lipinski definition) is 3. The first-order valence-corrected chi connectivity index (χ1v) is 11.0. The van der Waals surface area contributed by atoms with Crippen LogP contribution in [-0.4, -0.2) is 28.9 Å². The highest BCUT2D eigenvalue weighted by Crippen LogP contribution is 2.26. The van der Waals surface area contributed by atoms with Crippen molar-refractivity contribution in [1.29, 1.82) is 0 Å². The van der Waals surface area contributed by atoms with Crippen LogP contribution in [0.4, 0.5) is 5.69 Å². The zero-order chi connectivity index (χ0) is 22.5. The van der Waals surface area contributed by atoms with Crippen molar-refractivity contribution in [3.63, 3.8) is 0 Å². The summed E-state index contributed by atoms with van der Waals surface area (Å²) in [5, 5.41) is 6.68. The molecule has 7 nitrogen and oxygen atoms in total. The average molecular weight is 526 g/mol. The zero-order valence-corrected chi connectivity index (χ0v) is 19.6. The van der Waals surface area contributed by atoms with Gasteiger partial charge < -0.3 is 10.6 Å². The predicted octanol–water partition coefficient (Wildman–Crippen LogP) is 4.95. The van der Waals surface area contributed by atoms with Crippen LogP contribution in [0.15, 0.2) is 46.9 Å². The quantitative estimate of drug-likeness (QED) is 0.314. The number of halogens is 3. The number of rotatable bonds is 6. The Hall–Kier alpha value is -2.55. The Morgan fingerprint density at radius 2 is 1.71 bits per heavy atom. The van der Waals surface area contributed by atoms with E-state index >= 15 is 0 Å². The van der Waals surface area contributed by atoms with Crippen LogP contribution in [0.1, 0.15) is 30.3 Å². The second kappa shape index (κ2) is 10.2. The van der Waals surface area contributed by atoms with Gasteiger partial charge in [-0.15, -0.1) is 0 Å². The van der Waals surface area contributed by atoms with Crippen LogP contribution in [0.25, 0.3) is 10.9 Å². The molecule has 2 aromatic carbocycles. The molecule has 0 unspecified atom stereocenters. The topological polar surface area (TPSA) is 92.2 Å². The molecule has 0 atom stereocenters. The molecule has 0 bridgehead atoms. The van der Waals surface area contributed by atoms with Crippen LogP contribution >= 0.6 is 39.1 Å². The van der Waals surface area contributed by atoms with Gasteiger partial charge in [-0.05, 0) is 48.9 Å². The van der Waals surface area contributed by atoms with Crippen molar-refractivity contribution in [1.82, 2.24) is 9.99 Å². The van der Waals surface area contributed by atoms with Crippen molar-refractivity contribution in [2.24, 2.45) is 0 Å². The molecular formula is C21H19BrCl2N4O3. The minimum atomic E-state index is -0.878. The van der Waals surface area contributed by atoms with Gasteiger partial charge in [0, 0.05) is 32.1 Å². The van der Waals surface area contributed by atoms with E-state index in [-0.39, 0.29) is 5.69 Å². The number of aromatic nitrogens is 1. The number of nitrogens with one attached hydrogen (secondary N) is 3. The summed E-state index contributed by atoms with van der Waals surface area (Å²) in [6.07, 6.45) is 1.65. The van der Waals surface area contributed by atoms with E-state index in [9.17, 15) is 14.4 Å². The molecule has 10 heteroatoms. The fourth-order valence-electron chi connectivity index (χ4n) is 2.91. The van der Waals surface area contributed by atoms with Crippen LogP contribution < -0.4 is 16.1 Å². The third kappa shape index (κ3) is 5.78. The van der Waals surface area contributed by atoms with Crippen LogP contribution in [0.5, 0.6) is 0 Å². The second-order valence-electron chi connectivity index (χ2n) is 6.73. The van der Waals surface area contributed by atoms with Gasteiger partial charge in [0.2, 0.25) is 0 Å². The van der Waals surface area contributed by atoms with Gasteiger partial charge in [-0.1, -0.05) is 52.5 Å². The molecule has 0 aliphatic rings. The van der Waals surface area contributed by atoms with Crippen molar-refractivity contribution in [3.8, 4) is 0 Å². The molecule has 1 heterocycles. The van der Waals surface area contributed by atoms with Crippen molar-refractivity contribution in [3.05, 3.63) is 62.7 Å². The second-order valence-corrected chi connectivity index (χ2v) is 8.52. The Bertz CT molecular complexity index is 1140. The fourth-order valence-corrected chi connectivity index (χ4v) is 3.81. The maximum atomic E-state index is 13.0. The highest BCUT2D eigenvalue weighted by Gasteiger charge is 2.21. The number of hydrogen-bond donors (Lipinski definition) is 3. The van der Waals surface area contributed by atoms with Gasteiger partial charge in [-0.3, -0.25) is 19.8 Å². The lowest BCUT2D eigenvalue weighted by Crippen LogP contribution is -2.40. The molecule has 3 rings (SSSR count). The summed E-state index contributed by atoms with van der Waals surface area (Å²) in [6, 6.07) is 11.5. The molecule has 3 aromatic rings. The molecule has 3 amide bonds. The molecule has 1 aromatic heterocycles. The SMILES string of the molecule is CCCCNC(=O)C(=O)Nn1c(C(=O)Nc2cc(Cl)cc(Cl)c2)cc2cc(Br)ccc21. The van der Waals surface area contributed by atoms with Gasteiger partial charge in [-0.25, -0.2) is 4.68 Å². The molecule has 0 aliphatic heterocycles. The van der Waals surface area contributed by atoms with Gasteiger partial charge in [0.05, 0.1) is 5.52 Å². The molecule has 162 valence electrons. The Labute approximate surface area is 197 Å². The molecule has 0 radical (unpaired) electrons. The predicted molar refractivity (Wildman–Crippen MR) is 126 cm³/mol. The largest absolute Gasteiger partial charge is 0.348 e. The molecule has 0 spiro atoms. The minimum Gasteiger partial charge on any atom is -0.348 e. The van der Waals surface area contributed by atoms with E-state index in [1.54, 1.807) is 42.5 Å². The van der Waals surface area contributed by atoms with Gasteiger partial charge in [0.1, 0.15) is 5.69 Å². The number of unbranched alkanes of at least 4 members (excludes halogenated alkanes) is 1. The molecule has 31 heavy (non-hydrogen) atoms. The van der Waals surface area contributed by atoms with E-state index in [0.717, 1.165) is 17.3 Å². The summed E-state index contributed by atoms with van der Waals surface area (Å²) in [4.78, 5) is 37.5. The summed E-state index contributed by atoms with van der Waals surface area (Å²) in [7, 11) is 0. The fraction of sp³-hybridized carbons (Fsp3) is 0.190. The Morgan fingerprint density at radius 1 is 1.00 bits per heavy atom. The first kappa shape index (κ1) is 23.1. The zero-order valence-electron chi connectivity index (χ0n) is 16.5. The molecule has 0 fully saturated rings. The van der Waals surface area contributed by atoms with E-state index in [1.165, 1.54) is 4.68 Å². The maximum absolute atomic E-state index is 13.0. The standard InChI is InChI=1S/C21H19BrCl2N4O3/c1-2-3-6-25-20(30)21(31)27-28-17-5-4-13(22)7-12(17)8-18(28)19(29)26-16-10-14(23)9-15(24)11-16/h4-5,7-11H,2-3,6H2,1H3,(H,25,30)(H,26,29)(H,27,31). The molecule has 0 aliphatic carbocycles. The first-order chi connectivity index (χ1) is 14.8. The monoisotopic (exact) mass is 524 g/mol. The lowest BCUT2D eigenvalue weighted by atomic mass is 10.2. The van der Waals surface area contributed by atoms with E-state index < -0.39 is 17.7 Å². The smallest absolute Gasteiger partial charge is 0.328 e. The van der Waals surface area contributed by atoms with Gasteiger partial charge >= 0.3 is 11.8 Å². The van der Waals surface area contributed by atoms with Crippen LogP contribution in [0.2, 0.25) is 10.0 Å². The third-order valence-corrected chi connectivity index (χ3v) is 5.28.